The minimum absolute atomic E-state index is 0.890. The summed E-state index contributed by atoms with van der Waals surface area (Å²) in [7, 11) is 0. The molecule has 0 spiro atoms. The van der Waals surface area contributed by atoms with Crippen molar-refractivity contribution >= 4 is 65.0 Å². The van der Waals surface area contributed by atoms with Gasteiger partial charge in [-0.05, 0) is 60.7 Å². The zero-order chi connectivity index (χ0) is 20.4. The summed E-state index contributed by atoms with van der Waals surface area (Å²) in [6, 6.07) is 29.2. The predicted octanol–water partition coefficient (Wildman–Crippen LogP) is 8.14. The molecule has 0 fully saturated rings. The molecular weight excluding hydrogens is 420 g/mol. The minimum atomic E-state index is 0.890. The Bertz CT molecular complexity index is 1560. The first kappa shape index (κ1) is 17.2. The summed E-state index contributed by atoms with van der Waals surface area (Å²) >= 11 is 3.44. The van der Waals surface area contributed by atoms with Gasteiger partial charge in [0.15, 0.2) is 0 Å². The van der Waals surface area contributed by atoms with E-state index >= 15 is 0 Å². The van der Waals surface area contributed by atoms with Gasteiger partial charge in [0, 0.05) is 21.9 Å². The van der Waals surface area contributed by atoms with Crippen molar-refractivity contribution in [2.75, 3.05) is 0 Å². The molecule has 0 saturated carbocycles. The second kappa shape index (κ2) is 6.48. The SMILES string of the molecule is c1ccc2sc(-c3ccc4oc5ccc(-c6nc7ccccc7s6)cc5c4c3)nc2c1. The van der Waals surface area contributed by atoms with Crippen LogP contribution in [0.5, 0.6) is 0 Å². The van der Waals surface area contributed by atoms with E-state index in [0.717, 1.165) is 54.1 Å². The smallest absolute Gasteiger partial charge is 0.135 e. The van der Waals surface area contributed by atoms with Crippen molar-refractivity contribution in [2.45, 2.75) is 0 Å². The van der Waals surface area contributed by atoms with Gasteiger partial charge < -0.3 is 4.42 Å². The van der Waals surface area contributed by atoms with Gasteiger partial charge in [-0.1, -0.05) is 24.3 Å². The predicted molar refractivity (Wildman–Crippen MR) is 131 cm³/mol. The Morgan fingerprint density at radius 2 is 1.03 bits per heavy atom. The average Bonchev–Trinajstić information content (AvgIpc) is 3.52. The molecule has 0 aliphatic heterocycles. The Morgan fingerprint density at radius 3 is 1.52 bits per heavy atom. The molecule has 146 valence electrons. The van der Waals surface area contributed by atoms with Crippen LogP contribution < -0.4 is 0 Å². The van der Waals surface area contributed by atoms with E-state index in [1.54, 1.807) is 22.7 Å². The Balaban J connectivity index is 1.41. The summed E-state index contributed by atoms with van der Waals surface area (Å²) < 4.78 is 8.52. The molecule has 0 bridgehead atoms. The number of furan rings is 1. The maximum absolute atomic E-state index is 6.12. The lowest BCUT2D eigenvalue weighted by molar-refractivity contribution is 0.669. The third-order valence-corrected chi connectivity index (χ3v) is 7.72. The standard InChI is InChI=1S/C26H14N2OS2/c1-3-7-23-19(5-1)27-25(30-23)15-9-11-21-17(13-15)18-14-16(10-12-22(18)29-21)26-28-20-6-2-4-8-24(20)31-26/h1-14H. The van der Waals surface area contributed by atoms with Gasteiger partial charge in [0.25, 0.3) is 0 Å². The molecule has 3 aromatic heterocycles. The first-order valence-corrected chi connectivity index (χ1v) is 11.6. The van der Waals surface area contributed by atoms with Crippen LogP contribution in [0, 0.1) is 0 Å². The summed E-state index contributed by atoms with van der Waals surface area (Å²) in [4.78, 5) is 9.65. The maximum Gasteiger partial charge on any atom is 0.135 e. The molecular formula is C26H14N2OS2. The summed E-state index contributed by atoms with van der Waals surface area (Å²) in [5.74, 6) is 0. The second-order valence-corrected chi connectivity index (χ2v) is 9.56. The normalized spacial score (nSPS) is 11.9. The van der Waals surface area contributed by atoms with Crippen LogP contribution in [0.3, 0.4) is 0 Å². The van der Waals surface area contributed by atoms with Gasteiger partial charge >= 0.3 is 0 Å². The molecule has 0 saturated heterocycles. The van der Waals surface area contributed by atoms with Crippen molar-refractivity contribution in [1.29, 1.82) is 0 Å². The fraction of sp³-hybridized carbons (Fsp3) is 0. The molecule has 5 heteroatoms. The molecule has 0 amide bonds. The largest absolute Gasteiger partial charge is 0.456 e. The lowest BCUT2D eigenvalue weighted by atomic mass is 10.1. The lowest BCUT2D eigenvalue weighted by Crippen LogP contribution is -1.77. The Kier molecular flexibility index (Phi) is 3.59. The molecule has 7 aromatic rings. The Labute approximate surface area is 185 Å². The van der Waals surface area contributed by atoms with Crippen LogP contribution in [0.1, 0.15) is 0 Å². The number of rotatable bonds is 2. The summed E-state index contributed by atoms with van der Waals surface area (Å²) in [6.07, 6.45) is 0. The first-order chi connectivity index (χ1) is 15.3. The van der Waals surface area contributed by atoms with Crippen LogP contribution in [-0.4, -0.2) is 9.97 Å². The highest BCUT2D eigenvalue weighted by Gasteiger charge is 2.13. The lowest BCUT2D eigenvalue weighted by Gasteiger charge is -1.98. The van der Waals surface area contributed by atoms with Crippen molar-refractivity contribution < 1.29 is 4.42 Å². The number of hydrogen-bond acceptors (Lipinski definition) is 5. The van der Waals surface area contributed by atoms with Crippen LogP contribution in [0.4, 0.5) is 0 Å². The number of hydrogen-bond donors (Lipinski definition) is 0. The highest BCUT2D eigenvalue weighted by atomic mass is 32.1. The van der Waals surface area contributed by atoms with E-state index in [9.17, 15) is 0 Å². The molecule has 3 heterocycles. The number of nitrogens with zero attached hydrogens (tertiary/aromatic N) is 2. The number of benzene rings is 4. The van der Waals surface area contributed by atoms with Gasteiger partial charge in [-0.2, -0.15) is 0 Å². The van der Waals surface area contributed by atoms with Crippen LogP contribution in [0.2, 0.25) is 0 Å². The zero-order valence-corrected chi connectivity index (χ0v) is 17.8. The number of aromatic nitrogens is 2. The van der Waals surface area contributed by atoms with Crippen molar-refractivity contribution in [1.82, 2.24) is 9.97 Å². The fourth-order valence-electron chi connectivity index (χ4n) is 4.03. The molecule has 0 N–H and O–H groups in total. The van der Waals surface area contributed by atoms with Gasteiger partial charge in [-0.15, -0.1) is 22.7 Å². The molecule has 0 unspecified atom stereocenters. The van der Waals surface area contributed by atoms with Gasteiger partial charge in [0.2, 0.25) is 0 Å². The summed E-state index contributed by atoms with van der Waals surface area (Å²) in [5, 5.41) is 4.27. The molecule has 3 nitrogen and oxygen atoms in total. The molecule has 7 rings (SSSR count). The third kappa shape index (κ3) is 2.71. The summed E-state index contributed by atoms with van der Waals surface area (Å²) in [5.41, 5.74) is 6.08. The average molecular weight is 435 g/mol. The fourth-order valence-corrected chi connectivity index (χ4v) is 5.96. The molecule has 0 atom stereocenters. The van der Waals surface area contributed by atoms with Crippen LogP contribution in [-0.2, 0) is 0 Å². The van der Waals surface area contributed by atoms with E-state index in [4.69, 9.17) is 14.4 Å². The second-order valence-electron chi connectivity index (χ2n) is 7.50. The topological polar surface area (TPSA) is 38.9 Å². The van der Waals surface area contributed by atoms with E-state index in [-0.39, 0.29) is 0 Å². The molecule has 0 aliphatic carbocycles. The highest BCUT2D eigenvalue weighted by Crippen LogP contribution is 2.38. The molecule has 31 heavy (non-hydrogen) atoms. The van der Waals surface area contributed by atoms with Gasteiger partial charge in [0.05, 0.1) is 20.4 Å². The van der Waals surface area contributed by atoms with E-state index in [0.29, 0.717) is 0 Å². The Hall–Kier alpha value is -3.54. The van der Waals surface area contributed by atoms with Gasteiger partial charge in [-0.25, -0.2) is 9.97 Å². The van der Waals surface area contributed by atoms with Gasteiger partial charge in [-0.3, -0.25) is 0 Å². The van der Waals surface area contributed by atoms with E-state index in [1.807, 2.05) is 24.3 Å². The number of thiazole rings is 2. The maximum atomic E-state index is 6.12. The third-order valence-electron chi connectivity index (χ3n) is 5.55. The first-order valence-electron chi connectivity index (χ1n) is 10.00. The number of para-hydroxylation sites is 2. The molecule has 0 aliphatic rings. The summed E-state index contributed by atoms with van der Waals surface area (Å²) in [6.45, 7) is 0. The molecule has 0 radical (unpaired) electrons. The van der Waals surface area contributed by atoms with E-state index < -0.39 is 0 Å². The van der Waals surface area contributed by atoms with Crippen molar-refractivity contribution in [2.24, 2.45) is 0 Å². The molecule has 4 aromatic carbocycles. The van der Waals surface area contributed by atoms with E-state index in [2.05, 4.69) is 60.7 Å². The van der Waals surface area contributed by atoms with Crippen LogP contribution >= 0.6 is 22.7 Å². The Morgan fingerprint density at radius 1 is 0.548 bits per heavy atom. The minimum Gasteiger partial charge on any atom is -0.456 e. The quantitative estimate of drug-likeness (QED) is 0.276. The van der Waals surface area contributed by atoms with Crippen molar-refractivity contribution in [3.8, 4) is 21.1 Å². The van der Waals surface area contributed by atoms with Gasteiger partial charge in [0.1, 0.15) is 21.2 Å². The highest BCUT2D eigenvalue weighted by molar-refractivity contribution is 7.22. The van der Waals surface area contributed by atoms with Crippen molar-refractivity contribution in [3.63, 3.8) is 0 Å². The van der Waals surface area contributed by atoms with Crippen LogP contribution in [0.25, 0.3) is 63.5 Å². The zero-order valence-electron chi connectivity index (χ0n) is 16.2. The van der Waals surface area contributed by atoms with Crippen LogP contribution in [0.15, 0.2) is 89.3 Å². The van der Waals surface area contributed by atoms with Crippen molar-refractivity contribution in [3.05, 3.63) is 84.9 Å². The number of fused-ring (bicyclic) bond motifs is 5. The monoisotopic (exact) mass is 434 g/mol. The van der Waals surface area contributed by atoms with E-state index in [1.165, 1.54) is 9.40 Å².